The van der Waals surface area contributed by atoms with Gasteiger partial charge in [0.1, 0.15) is 0 Å². The highest BCUT2D eigenvalue weighted by molar-refractivity contribution is 14.1. The molecule has 0 amide bonds. The van der Waals surface area contributed by atoms with Gasteiger partial charge >= 0.3 is 5.97 Å². The molecule has 3 nitrogen and oxygen atoms in total. The van der Waals surface area contributed by atoms with E-state index < -0.39 is 5.97 Å². The van der Waals surface area contributed by atoms with E-state index in [0.29, 0.717) is 5.69 Å². The summed E-state index contributed by atoms with van der Waals surface area (Å²) in [6.45, 7) is 1.68. The fourth-order valence-electron chi connectivity index (χ4n) is 0.724. The van der Waals surface area contributed by atoms with E-state index in [9.17, 15) is 4.79 Å². The Labute approximate surface area is 77.6 Å². The van der Waals surface area contributed by atoms with E-state index in [1.807, 2.05) is 22.6 Å². The molecular formula is C7H6INO2. The molecule has 0 aliphatic rings. The van der Waals surface area contributed by atoms with Crippen molar-refractivity contribution in [1.29, 1.82) is 0 Å². The lowest BCUT2D eigenvalue weighted by atomic mass is 10.2. The minimum atomic E-state index is -0.923. The van der Waals surface area contributed by atoms with Crippen LogP contribution in [0.5, 0.6) is 0 Å². The van der Waals surface area contributed by atoms with Gasteiger partial charge in [0.25, 0.3) is 0 Å². The van der Waals surface area contributed by atoms with Crippen molar-refractivity contribution in [3.05, 3.63) is 27.1 Å². The van der Waals surface area contributed by atoms with Gasteiger partial charge in [0.2, 0.25) is 0 Å². The number of aromatic nitrogens is 1. The molecule has 1 heterocycles. The number of rotatable bonds is 1. The molecule has 1 aromatic heterocycles. The second-order valence-corrected chi connectivity index (χ2v) is 3.34. The Hall–Kier alpha value is -0.650. The topological polar surface area (TPSA) is 50.2 Å². The Morgan fingerprint density at radius 1 is 1.73 bits per heavy atom. The summed E-state index contributed by atoms with van der Waals surface area (Å²) in [5.41, 5.74) is 0.829. The molecule has 0 aliphatic heterocycles. The Morgan fingerprint density at radius 2 is 2.36 bits per heavy atom. The number of carbonyl (C=O) groups is 1. The van der Waals surface area contributed by atoms with Crippen LogP contribution >= 0.6 is 22.6 Å². The van der Waals surface area contributed by atoms with Crippen LogP contribution in [0.25, 0.3) is 0 Å². The molecule has 1 N–H and O–H groups in total. The zero-order valence-electron chi connectivity index (χ0n) is 5.84. The summed E-state index contributed by atoms with van der Waals surface area (Å²) in [5.74, 6) is -0.923. The van der Waals surface area contributed by atoms with Crippen molar-refractivity contribution < 1.29 is 9.90 Å². The van der Waals surface area contributed by atoms with E-state index in [0.717, 1.165) is 3.57 Å². The average molecular weight is 263 g/mol. The predicted molar refractivity (Wildman–Crippen MR) is 48.7 cm³/mol. The number of carboxylic acids is 1. The third kappa shape index (κ3) is 1.89. The number of aryl methyl sites for hydroxylation is 1. The number of halogens is 1. The lowest BCUT2D eigenvalue weighted by Gasteiger charge is -1.98. The standard InChI is InChI=1S/C7H6INO2/c1-4-6(7(10)11)2-5(8)3-9-4/h2-3H,1H3,(H,10,11). The molecule has 0 fully saturated rings. The first-order valence-corrected chi connectivity index (χ1v) is 4.04. The summed E-state index contributed by atoms with van der Waals surface area (Å²) >= 11 is 2.03. The van der Waals surface area contributed by atoms with Crippen molar-refractivity contribution in [2.75, 3.05) is 0 Å². The van der Waals surface area contributed by atoms with Gasteiger partial charge in [-0.3, -0.25) is 4.98 Å². The number of aromatic carboxylic acids is 1. The molecular weight excluding hydrogens is 257 g/mol. The lowest BCUT2D eigenvalue weighted by molar-refractivity contribution is 0.0695. The van der Waals surface area contributed by atoms with Gasteiger partial charge in [0.05, 0.1) is 11.3 Å². The minimum absolute atomic E-state index is 0.275. The SMILES string of the molecule is Cc1ncc(I)cc1C(=O)O. The Morgan fingerprint density at radius 3 is 2.82 bits per heavy atom. The number of pyridine rings is 1. The molecule has 58 valence electrons. The average Bonchev–Trinajstić information content (AvgIpc) is 1.94. The number of nitrogens with zero attached hydrogens (tertiary/aromatic N) is 1. The highest BCUT2D eigenvalue weighted by atomic mass is 127. The third-order valence-electron chi connectivity index (χ3n) is 1.28. The molecule has 1 rings (SSSR count). The predicted octanol–water partition coefficient (Wildman–Crippen LogP) is 1.69. The summed E-state index contributed by atoms with van der Waals surface area (Å²) < 4.78 is 0.839. The zero-order valence-corrected chi connectivity index (χ0v) is 7.99. The number of hydrogen-bond donors (Lipinski definition) is 1. The fourth-order valence-corrected chi connectivity index (χ4v) is 1.17. The molecule has 0 saturated carbocycles. The maximum absolute atomic E-state index is 10.5. The lowest BCUT2D eigenvalue weighted by Crippen LogP contribution is -2.01. The van der Waals surface area contributed by atoms with Crippen molar-refractivity contribution in [3.8, 4) is 0 Å². The highest BCUT2D eigenvalue weighted by Crippen LogP contribution is 2.09. The maximum Gasteiger partial charge on any atom is 0.337 e. The van der Waals surface area contributed by atoms with Crippen molar-refractivity contribution >= 4 is 28.6 Å². The van der Waals surface area contributed by atoms with E-state index >= 15 is 0 Å². The van der Waals surface area contributed by atoms with Crippen molar-refractivity contribution in [3.63, 3.8) is 0 Å². The summed E-state index contributed by atoms with van der Waals surface area (Å²) in [6, 6.07) is 1.60. The van der Waals surface area contributed by atoms with Gasteiger partial charge in [-0.25, -0.2) is 4.79 Å². The van der Waals surface area contributed by atoms with Crippen LogP contribution in [0.4, 0.5) is 0 Å². The minimum Gasteiger partial charge on any atom is -0.478 e. The maximum atomic E-state index is 10.5. The summed E-state index contributed by atoms with van der Waals surface area (Å²) in [4.78, 5) is 14.4. The molecule has 0 atom stereocenters. The van der Waals surface area contributed by atoms with Gasteiger partial charge in [-0.05, 0) is 35.6 Å². The second kappa shape index (κ2) is 3.17. The van der Waals surface area contributed by atoms with Gasteiger partial charge in [0, 0.05) is 9.77 Å². The Balaban J connectivity index is 3.23. The summed E-state index contributed by atoms with van der Waals surface area (Å²) in [6.07, 6.45) is 1.64. The van der Waals surface area contributed by atoms with E-state index in [-0.39, 0.29) is 5.56 Å². The summed E-state index contributed by atoms with van der Waals surface area (Å²) in [7, 11) is 0. The first kappa shape index (κ1) is 8.45. The van der Waals surface area contributed by atoms with Crippen LogP contribution in [0.2, 0.25) is 0 Å². The van der Waals surface area contributed by atoms with E-state index in [1.165, 1.54) is 0 Å². The van der Waals surface area contributed by atoms with Crippen LogP contribution < -0.4 is 0 Å². The van der Waals surface area contributed by atoms with Crippen LogP contribution in [0.15, 0.2) is 12.3 Å². The molecule has 1 aromatic rings. The van der Waals surface area contributed by atoms with Gasteiger partial charge in [-0.2, -0.15) is 0 Å². The van der Waals surface area contributed by atoms with Gasteiger partial charge in [0.15, 0.2) is 0 Å². The van der Waals surface area contributed by atoms with Crippen molar-refractivity contribution in [2.45, 2.75) is 6.92 Å². The quantitative estimate of drug-likeness (QED) is 0.784. The van der Waals surface area contributed by atoms with Crippen LogP contribution in [0.1, 0.15) is 16.1 Å². The number of hydrogen-bond acceptors (Lipinski definition) is 2. The molecule has 11 heavy (non-hydrogen) atoms. The molecule has 4 heteroatoms. The molecule has 0 spiro atoms. The monoisotopic (exact) mass is 263 g/mol. The molecule has 0 saturated heterocycles. The second-order valence-electron chi connectivity index (χ2n) is 2.09. The largest absolute Gasteiger partial charge is 0.478 e. The van der Waals surface area contributed by atoms with Crippen molar-refractivity contribution in [1.82, 2.24) is 4.98 Å². The zero-order chi connectivity index (χ0) is 8.43. The van der Waals surface area contributed by atoms with E-state index in [1.54, 1.807) is 19.2 Å². The molecule has 0 unspecified atom stereocenters. The van der Waals surface area contributed by atoms with Crippen molar-refractivity contribution in [2.24, 2.45) is 0 Å². The van der Waals surface area contributed by atoms with E-state index in [4.69, 9.17) is 5.11 Å². The molecule has 0 aromatic carbocycles. The Bertz CT molecular complexity index is 298. The van der Waals surface area contributed by atoms with Crippen LogP contribution in [0.3, 0.4) is 0 Å². The fraction of sp³-hybridized carbons (Fsp3) is 0.143. The molecule has 0 bridgehead atoms. The van der Waals surface area contributed by atoms with Crippen LogP contribution in [0, 0.1) is 10.5 Å². The molecule has 0 radical (unpaired) electrons. The Kier molecular flexibility index (Phi) is 2.43. The first-order valence-electron chi connectivity index (χ1n) is 2.96. The smallest absolute Gasteiger partial charge is 0.337 e. The van der Waals surface area contributed by atoms with Gasteiger partial charge in [-0.15, -0.1) is 0 Å². The van der Waals surface area contributed by atoms with E-state index in [2.05, 4.69) is 4.98 Å². The normalized spacial score (nSPS) is 9.64. The van der Waals surface area contributed by atoms with Gasteiger partial charge < -0.3 is 5.11 Å². The summed E-state index contributed by atoms with van der Waals surface area (Å²) in [5, 5.41) is 8.65. The van der Waals surface area contributed by atoms with Crippen LogP contribution in [-0.2, 0) is 0 Å². The number of carboxylic acid groups (broad SMARTS) is 1. The third-order valence-corrected chi connectivity index (χ3v) is 1.87. The van der Waals surface area contributed by atoms with Gasteiger partial charge in [-0.1, -0.05) is 0 Å². The van der Waals surface area contributed by atoms with Crippen LogP contribution in [-0.4, -0.2) is 16.1 Å². The first-order chi connectivity index (χ1) is 5.11. The molecule has 0 aliphatic carbocycles. The highest BCUT2D eigenvalue weighted by Gasteiger charge is 2.07.